The van der Waals surface area contributed by atoms with Crippen molar-refractivity contribution in [3.05, 3.63) is 106 Å². The monoisotopic (exact) mass is 482 g/mol. The van der Waals surface area contributed by atoms with E-state index in [0.29, 0.717) is 30.0 Å². The van der Waals surface area contributed by atoms with Crippen molar-refractivity contribution >= 4 is 23.4 Å². The zero-order valence-corrected chi connectivity index (χ0v) is 19.5. The van der Waals surface area contributed by atoms with Crippen molar-refractivity contribution in [2.45, 2.75) is 31.8 Å². The Balaban J connectivity index is 1.92. The molecule has 0 bridgehead atoms. The summed E-state index contributed by atoms with van der Waals surface area (Å²) in [6, 6.07) is 21.6. The number of nitrogens with zero attached hydrogens (tertiary/aromatic N) is 1. The standard InChI is InChI=1S/C27H28ClFN2O3/c28-23-11-7-21(8-12-23)18-26(33)31(19-22-9-13-24(29)14-10-22)25(27(34)30-15-4-16-32)17-20-5-2-1-3-6-20/h1-3,5-14,25,32H,4,15-19H2,(H,30,34). The average Bonchev–Trinajstić information content (AvgIpc) is 2.84. The van der Waals surface area contributed by atoms with Gasteiger partial charge >= 0.3 is 0 Å². The minimum absolute atomic E-state index is 0.0432. The molecule has 2 amide bonds. The SMILES string of the molecule is O=C(NCCCO)C(Cc1ccccc1)N(Cc1ccc(F)cc1)C(=O)Cc1ccc(Cl)cc1. The Bertz CT molecular complexity index is 1060. The number of hydrogen-bond acceptors (Lipinski definition) is 3. The summed E-state index contributed by atoms with van der Waals surface area (Å²) < 4.78 is 13.5. The second-order valence-corrected chi connectivity index (χ2v) is 8.46. The molecule has 0 spiro atoms. The van der Waals surface area contributed by atoms with E-state index in [9.17, 15) is 14.0 Å². The molecule has 0 heterocycles. The number of nitrogens with one attached hydrogen (secondary N) is 1. The van der Waals surface area contributed by atoms with Crippen LogP contribution in [0.3, 0.4) is 0 Å². The molecule has 7 heteroatoms. The first-order valence-electron chi connectivity index (χ1n) is 11.2. The molecule has 0 radical (unpaired) electrons. The molecule has 34 heavy (non-hydrogen) atoms. The second-order valence-electron chi connectivity index (χ2n) is 8.03. The molecule has 0 fully saturated rings. The van der Waals surface area contributed by atoms with E-state index in [1.807, 2.05) is 30.3 Å². The summed E-state index contributed by atoms with van der Waals surface area (Å²) in [5.74, 6) is -0.904. The lowest BCUT2D eigenvalue weighted by Gasteiger charge is -2.31. The van der Waals surface area contributed by atoms with Crippen LogP contribution in [-0.2, 0) is 29.0 Å². The zero-order chi connectivity index (χ0) is 24.3. The molecule has 3 aromatic rings. The minimum Gasteiger partial charge on any atom is -0.396 e. The highest BCUT2D eigenvalue weighted by Gasteiger charge is 2.30. The lowest BCUT2D eigenvalue weighted by molar-refractivity contribution is -0.140. The van der Waals surface area contributed by atoms with Gasteiger partial charge in [0, 0.05) is 31.1 Å². The number of amides is 2. The third-order valence-electron chi connectivity index (χ3n) is 5.44. The van der Waals surface area contributed by atoms with Gasteiger partial charge < -0.3 is 15.3 Å². The van der Waals surface area contributed by atoms with Gasteiger partial charge in [0.25, 0.3) is 0 Å². The third kappa shape index (κ3) is 7.68. The summed E-state index contributed by atoms with van der Waals surface area (Å²) in [5.41, 5.74) is 2.40. The van der Waals surface area contributed by atoms with Crippen LogP contribution in [0, 0.1) is 5.82 Å². The lowest BCUT2D eigenvalue weighted by Crippen LogP contribution is -2.51. The summed E-state index contributed by atoms with van der Waals surface area (Å²) in [5, 5.41) is 12.5. The first-order chi connectivity index (χ1) is 16.5. The van der Waals surface area contributed by atoms with Crippen LogP contribution < -0.4 is 5.32 Å². The van der Waals surface area contributed by atoms with Crippen LogP contribution in [0.25, 0.3) is 0 Å². The number of benzene rings is 3. The first kappa shape index (κ1) is 25.4. The maximum absolute atomic E-state index is 13.5. The van der Waals surface area contributed by atoms with Gasteiger partial charge in [-0.2, -0.15) is 0 Å². The van der Waals surface area contributed by atoms with Crippen LogP contribution in [0.1, 0.15) is 23.1 Å². The van der Waals surface area contributed by atoms with E-state index in [4.69, 9.17) is 16.7 Å². The van der Waals surface area contributed by atoms with E-state index >= 15 is 0 Å². The summed E-state index contributed by atoms with van der Waals surface area (Å²) >= 11 is 5.98. The molecule has 1 atom stereocenters. The van der Waals surface area contributed by atoms with Gasteiger partial charge in [0.1, 0.15) is 11.9 Å². The van der Waals surface area contributed by atoms with Crippen molar-refractivity contribution < 1.29 is 19.1 Å². The molecular weight excluding hydrogens is 455 g/mol. The number of halogens is 2. The molecule has 1 unspecified atom stereocenters. The Morgan fingerprint density at radius 3 is 2.21 bits per heavy atom. The van der Waals surface area contributed by atoms with Crippen LogP contribution in [-0.4, -0.2) is 41.0 Å². The smallest absolute Gasteiger partial charge is 0.243 e. The Hall–Kier alpha value is -3.22. The first-order valence-corrected chi connectivity index (χ1v) is 11.5. The Labute approximate surface area is 204 Å². The van der Waals surface area contributed by atoms with Crippen molar-refractivity contribution in [1.29, 1.82) is 0 Å². The van der Waals surface area contributed by atoms with Gasteiger partial charge in [0.15, 0.2) is 0 Å². The number of aliphatic hydroxyl groups is 1. The van der Waals surface area contributed by atoms with Gasteiger partial charge in [-0.1, -0.05) is 66.2 Å². The second kappa shape index (κ2) is 12.9. The molecular formula is C27H28ClFN2O3. The molecule has 5 nitrogen and oxygen atoms in total. The van der Waals surface area contributed by atoms with E-state index in [2.05, 4.69) is 5.32 Å². The van der Waals surface area contributed by atoms with Gasteiger partial charge in [-0.05, 0) is 47.4 Å². The van der Waals surface area contributed by atoms with Gasteiger partial charge in [-0.15, -0.1) is 0 Å². The number of carbonyl (C=O) groups is 2. The third-order valence-corrected chi connectivity index (χ3v) is 5.69. The van der Waals surface area contributed by atoms with Gasteiger partial charge in [-0.25, -0.2) is 4.39 Å². The van der Waals surface area contributed by atoms with E-state index in [-0.39, 0.29) is 37.2 Å². The lowest BCUT2D eigenvalue weighted by atomic mass is 10.0. The molecule has 178 valence electrons. The summed E-state index contributed by atoms with van der Waals surface area (Å²) in [7, 11) is 0. The van der Waals surface area contributed by atoms with Gasteiger partial charge in [0.05, 0.1) is 6.42 Å². The minimum atomic E-state index is -0.786. The highest BCUT2D eigenvalue weighted by atomic mass is 35.5. The van der Waals surface area contributed by atoms with Crippen LogP contribution >= 0.6 is 11.6 Å². The fourth-order valence-corrected chi connectivity index (χ4v) is 3.75. The van der Waals surface area contributed by atoms with E-state index in [1.54, 1.807) is 41.3 Å². The van der Waals surface area contributed by atoms with Crippen LogP contribution in [0.4, 0.5) is 4.39 Å². The highest BCUT2D eigenvalue weighted by molar-refractivity contribution is 6.30. The molecule has 0 aliphatic heterocycles. The Morgan fingerprint density at radius 1 is 0.912 bits per heavy atom. The topological polar surface area (TPSA) is 69.6 Å². The van der Waals surface area contributed by atoms with E-state index in [1.165, 1.54) is 12.1 Å². The average molecular weight is 483 g/mol. The zero-order valence-electron chi connectivity index (χ0n) is 18.8. The van der Waals surface area contributed by atoms with Crippen LogP contribution in [0.15, 0.2) is 78.9 Å². The van der Waals surface area contributed by atoms with Crippen molar-refractivity contribution in [3.63, 3.8) is 0 Å². The van der Waals surface area contributed by atoms with Crippen LogP contribution in [0.2, 0.25) is 5.02 Å². The Morgan fingerprint density at radius 2 is 1.56 bits per heavy atom. The predicted molar refractivity (Wildman–Crippen MR) is 131 cm³/mol. The van der Waals surface area contributed by atoms with E-state index < -0.39 is 6.04 Å². The van der Waals surface area contributed by atoms with Crippen LogP contribution in [0.5, 0.6) is 0 Å². The van der Waals surface area contributed by atoms with Crippen molar-refractivity contribution in [2.24, 2.45) is 0 Å². The number of hydrogen-bond donors (Lipinski definition) is 2. The molecule has 0 aliphatic rings. The quantitative estimate of drug-likeness (QED) is 0.403. The maximum atomic E-state index is 13.5. The molecule has 0 aromatic heterocycles. The Kier molecular flexibility index (Phi) is 9.62. The van der Waals surface area contributed by atoms with Gasteiger partial charge in [-0.3, -0.25) is 9.59 Å². The van der Waals surface area contributed by atoms with Crippen molar-refractivity contribution in [3.8, 4) is 0 Å². The fourth-order valence-electron chi connectivity index (χ4n) is 3.63. The largest absolute Gasteiger partial charge is 0.396 e. The normalized spacial score (nSPS) is 11.6. The number of aliphatic hydroxyl groups excluding tert-OH is 1. The fraction of sp³-hybridized carbons (Fsp3) is 0.259. The molecule has 2 N–H and O–H groups in total. The van der Waals surface area contributed by atoms with Gasteiger partial charge in [0.2, 0.25) is 11.8 Å². The molecule has 0 saturated heterocycles. The highest BCUT2D eigenvalue weighted by Crippen LogP contribution is 2.18. The van der Waals surface area contributed by atoms with E-state index in [0.717, 1.165) is 11.1 Å². The number of carbonyl (C=O) groups excluding carboxylic acids is 2. The van der Waals surface area contributed by atoms with Crippen molar-refractivity contribution in [1.82, 2.24) is 10.2 Å². The summed E-state index contributed by atoms with van der Waals surface area (Å²) in [6.07, 6.45) is 0.827. The summed E-state index contributed by atoms with van der Waals surface area (Å²) in [4.78, 5) is 28.3. The van der Waals surface area contributed by atoms with Crippen molar-refractivity contribution in [2.75, 3.05) is 13.2 Å². The molecule has 0 aliphatic carbocycles. The molecule has 3 aromatic carbocycles. The molecule has 3 rings (SSSR count). The molecule has 0 saturated carbocycles. The predicted octanol–water partition coefficient (Wildman–Crippen LogP) is 4.16. The number of rotatable bonds is 11. The summed E-state index contributed by atoms with van der Waals surface area (Å²) in [6.45, 7) is 0.409. The maximum Gasteiger partial charge on any atom is 0.243 e.